The molecule has 0 radical (unpaired) electrons. The molecule has 1 unspecified atom stereocenters. The number of H-pyrrole nitrogens is 1. The molecule has 1 fully saturated rings. The van der Waals surface area contributed by atoms with Crippen molar-refractivity contribution in [2.45, 2.75) is 6.92 Å². The molecule has 1 aromatic carbocycles. The Morgan fingerprint density at radius 3 is 2.60 bits per heavy atom. The first-order valence-corrected chi connectivity index (χ1v) is 6.85. The molecule has 1 saturated heterocycles. The Morgan fingerprint density at radius 1 is 1.30 bits per heavy atom. The second kappa shape index (κ2) is 5.46. The zero-order valence-corrected chi connectivity index (χ0v) is 11.4. The summed E-state index contributed by atoms with van der Waals surface area (Å²) in [7, 11) is 0. The van der Waals surface area contributed by atoms with E-state index >= 15 is 0 Å². The lowest BCUT2D eigenvalue weighted by molar-refractivity contribution is -0.121. The summed E-state index contributed by atoms with van der Waals surface area (Å²) < 4.78 is 0. The number of rotatable bonds is 4. The predicted octanol–water partition coefficient (Wildman–Crippen LogP) is 1.87. The van der Waals surface area contributed by atoms with Crippen molar-refractivity contribution < 1.29 is 4.79 Å². The summed E-state index contributed by atoms with van der Waals surface area (Å²) in [5, 5.41) is 13.0. The van der Waals surface area contributed by atoms with Crippen LogP contribution in [0.3, 0.4) is 0 Å². The van der Waals surface area contributed by atoms with Gasteiger partial charge >= 0.3 is 0 Å². The molecule has 3 N–H and O–H groups in total. The molecule has 1 aromatic heterocycles. The summed E-state index contributed by atoms with van der Waals surface area (Å²) in [6.07, 6.45) is 1.72. The molecule has 1 atom stereocenters. The Bertz CT molecular complexity index is 572. The van der Waals surface area contributed by atoms with Crippen molar-refractivity contribution in [3.05, 3.63) is 36.5 Å². The van der Waals surface area contributed by atoms with Crippen LogP contribution in [0.15, 0.2) is 36.5 Å². The normalized spacial score (nSPS) is 16.4. The highest BCUT2D eigenvalue weighted by atomic mass is 16.1. The molecule has 1 aliphatic rings. The number of aromatic nitrogens is 2. The monoisotopic (exact) mass is 270 g/mol. The number of nitrogens with one attached hydrogen (secondary N) is 3. The van der Waals surface area contributed by atoms with E-state index in [1.165, 1.54) is 0 Å². The molecule has 104 valence electrons. The van der Waals surface area contributed by atoms with Crippen LogP contribution in [-0.2, 0) is 4.79 Å². The van der Waals surface area contributed by atoms with E-state index in [4.69, 9.17) is 0 Å². The fourth-order valence-corrected chi connectivity index (χ4v) is 2.28. The fraction of sp³-hybridized carbons (Fsp3) is 0.333. The number of amides is 1. The van der Waals surface area contributed by atoms with Gasteiger partial charge < -0.3 is 10.6 Å². The first kappa shape index (κ1) is 12.9. The molecule has 1 aliphatic heterocycles. The van der Waals surface area contributed by atoms with Gasteiger partial charge in [0.15, 0.2) is 0 Å². The molecule has 5 heteroatoms. The Labute approximate surface area is 117 Å². The first-order chi connectivity index (χ1) is 9.74. The molecule has 0 saturated carbocycles. The van der Waals surface area contributed by atoms with Crippen LogP contribution in [0, 0.1) is 11.8 Å². The van der Waals surface area contributed by atoms with Crippen LogP contribution < -0.4 is 10.6 Å². The second-order valence-electron chi connectivity index (χ2n) is 5.24. The summed E-state index contributed by atoms with van der Waals surface area (Å²) in [6.45, 7) is 3.86. The second-order valence-corrected chi connectivity index (χ2v) is 5.24. The van der Waals surface area contributed by atoms with Crippen molar-refractivity contribution in [3.63, 3.8) is 0 Å². The van der Waals surface area contributed by atoms with Gasteiger partial charge in [-0.25, -0.2) is 0 Å². The van der Waals surface area contributed by atoms with Crippen LogP contribution in [0.25, 0.3) is 11.3 Å². The zero-order valence-electron chi connectivity index (χ0n) is 11.4. The van der Waals surface area contributed by atoms with Crippen LogP contribution >= 0.6 is 0 Å². The van der Waals surface area contributed by atoms with Crippen molar-refractivity contribution in [3.8, 4) is 11.3 Å². The van der Waals surface area contributed by atoms with Crippen molar-refractivity contribution in [2.24, 2.45) is 11.8 Å². The van der Waals surface area contributed by atoms with Gasteiger partial charge in [0.2, 0.25) is 5.91 Å². The van der Waals surface area contributed by atoms with Gasteiger partial charge in [0.05, 0.1) is 5.69 Å². The molecule has 0 aliphatic carbocycles. The Kier molecular flexibility index (Phi) is 3.52. The maximum atomic E-state index is 12.1. The minimum atomic E-state index is 0.0449. The molecule has 5 nitrogen and oxygen atoms in total. The fourth-order valence-electron chi connectivity index (χ4n) is 2.28. The smallest absolute Gasteiger partial charge is 0.227 e. The Hall–Kier alpha value is -2.14. The van der Waals surface area contributed by atoms with Gasteiger partial charge in [0, 0.05) is 17.8 Å². The average Bonchev–Trinajstić information content (AvgIpc) is 2.91. The van der Waals surface area contributed by atoms with E-state index in [0.717, 1.165) is 30.0 Å². The van der Waals surface area contributed by atoms with Crippen molar-refractivity contribution in [1.29, 1.82) is 0 Å². The van der Waals surface area contributed by atoms with Gasteiger partial charge in [0.25, 0.3) is 0 Å². The number of carbonyl (C=O) groups is 1. The highest BCUT2D eigenvalue weighted by molar-refractivity contribution is 5.92. The van der Waals surface area contributed by atoms with Crippen LogP contribution in [0.5, 0.6) is 0 Å². The highest BCUT2D eigenvalue weighted by Crippen LogP contribution is 2.21. The van der Waals surface area contributed by atoms with Gasteiger partial charge in [-0.15, -0.1) is 0 Å². The summed E-state index contributed by atoms with van der Waals surface area (Å²) in [6, 6.07) is 9.69. The lowest BCUT2D eigenvalue weighted by Gasteiger charge is -2.31. The van der Waals surface area contributed by atoms with Crippen LogP contribution in [-0.4, -0.2) is 29.2 Å². The highest BCUT2D eigenvalue weighted by Gasteiger charge is 2.28. The third-order valence-corrected chi connectivity index (χ3v) is 3.90. The molecular formula is C15H18N4O. The van der Waals surface area contributed by atoms with Crippen LogP contribution in [0.2, 0.25) is 0 Å². The number of carbonyl (C=O) groups excluding carboxylic acids is 1. The number of hydrogen-bond acceptors (Lipinski definition) is 3. The SMILES string of the molecule is CC(C(=O)Nc1ccc(-c2ccn[nH]2)cc1)C1CNC1. The summed E-state index contributed by atoms with van der Waals surface area (Å²) >= 11 is 0. The molecule has 0 bridgehead atoms. The molecule has 0 spiro atoms. The third-order valence-electron chi connectivity index (χ3n) is 3.90. The van der Waals surface area contributed by atoms with Gasteiger partial charge in [-0.05, 0) is 42.8 Å². The average molecular weight is 270 g/mol. The molecule has 20 heavy (non-hydrogen) atoms. The predicted molar refractivity (Wildman–Crippen MR) is 78.2 cm³/mol. The third kappa shape index (κ3) is 2.58. The van der Waals surface area contributed by atoms with Crippen LogP contribution in [0.1, 0.15) is 6.92 Å². The van der Waals surface area contributed by atoms with Gasteiger partial charge in [0.1, 0.15) is 0 Å². The summed E-state index contributed by atoms with van der Waals surface area (Å²) in [5.74, 6) is 0.591. The zero-order chi connectivity index (χ0) is 13.9. The van der Waals surface area contributed by atoms with E-state index < -0.39 is 0 Å². The number of benzene rings is 1. The summed E-state index contributed by atoms with van der Waals surface area (Å²) in [5.41, 5.74) is 2.85. The molecular weight excluding hydrogens is 252 g/mol. The van der Waals surface area contributed by atoms with E-state index in [-0.39, 0.29) is 11.8 Å². The summed E-state index contributed by atoms with van der Waals surface area (Å²) in [4.78, 5) is 12.1. The van der Waals surface area contributed by atoms with E-state index in [9.17, 15) is 4.79 Å². The first-order valence-electron chi connectivity index (χ1n) is 6.85. The topological polar surface area (TPSA) is 69.8 Å². The lowest BCUT2D eigenvalue weighted by Crippen LogP contribution is -2.48. The Balaban J connectivity index is 1.64. The number of aromatic amines is 1. The van der Waals surface area contributed by atoms with Gasteiger partial charge in [-0.3, -0.25) is 9.89 Å². The van der Waals surface area contributed by atoms with Crippen molar-refractivity contribution in [1.82, 2.24) is 15.5 Å². The van der Waals surface area contributed by atoms with Crippen molar-refractivity contribution >= 4 is 11.6 Å². The Morgan fingerprint density at radius 2 is 2.05 bits per heavy atom. The quantitative estimate of drug-likeness (QED) is 0.794. The number of anilines is 1. The number of nitrogens with zero attached hydrogens (tertiary/aromatic N) is 1. The molecule has 2 aromatic rings. The van der Waals surface area contributed by atoms with Gasteiger partial charge in [-0.2, -0.15) is 5.10 Å². The van der Waals surface area contributed by atoms with E-state index in [0.29, 0.717) is 5.92 Å². The molecule has 2 heterocycles. The molecule has 3 rings (SSSR count). The standard InChI is InChI=1S/C15H18N4O/c1-10(12-8-16-9-12)15(20)18-13-4-2-11(3-5-13)14-6-7-17-19-14/h2-7,10,12,16H,8-9H2,1H3,(H,17,19)(H,18,20). The van der Waals surface area contributed by atoms with Gasteiger partial charge in [-0.1, -0.05) is 19.1 Å². The largest absolute Gasteiger partial charge is 0.326 e. The van der Waals surface area contributed by atoms with E-state index in [1.54, 1.807) is 6.20 Å². The minimum Gasteiger partial charge on any atom is -0.326 e. The van der Waals surface area contributed by atoms with E-state index in [1.807, 2.05) is 37.3 Å². The maximum Gasteiger partial charge on any atom is 0.227 e. The van der Waals surface area contributed by atoms with E-state index in [2.05, 4.69) is 20.8 Å². The maximum absolute atomic E-state index is 12.1. The minimum absolute atomic E-state index is 0.0449. The lowest BCUT2D eigenvalue weighted by atomic mass is 9.88. The van der Waals surface area contributed by atoms with Crippen molar-refractivity contribution in [2.75, 3.05) is 18.4 Å². The number of hydrogen-bond donors (Lipinski definition) is 3. The van der Waals surface area contributed by atoms with Crippen LogP contribution in [0.4, 0.5) is 5.69 Å². The molecule has 1 amide bonds.